The van der Waals surface area contributed by atoms with E-state index in [1.54, 1.807) is 46.9 Å². The molecule has 7 N–H and O–H groups in total. The van der Waals surface area contributed by atoms with Crippen LogP contribution < -0.4 is 16.0 Å². The van der Waals surface area contributed by atoms with E-state index >= 15 is 0 Å². The summed E-state index contributed by atoms with van der Waals surface area (Å²) in [4.78, 5) is 105. The van der Waals surface area contributed by atoms with Gasteiger partial charge in [0.05, 0.1) is 317 Å². The number of benzene rings is 1. The quantitative estimate of drug-likeness (QED) is 0.0169. The predicted octanol–water partition coefficient (Wildman–Crippen LogP) is -0.939. The molecule has 0 aliphatic carbocycles. The standard InChI is InChI=1S/C85H147N5O38S/c1-66(2)76(82(99)86-67(3)81(98)87-70-9-7-69(65-127-84(102)85(4,5)129)68(63-70)8-10-71-77(95)78(96)79(97)80(128-71)83(100)101)88-72(91)13-14-89(75(94)64-90-73(92)11-12-74(90)93)15-16-104-19-20-106-23-24-108-27-28-110-31-32-112-35-36-114-39-40-116-43-44-118-47-48-120-51-52-122-55-56-124-59-60-126-62-61-125-58-57-123-54-53-121-50-49-119-46-45-117-42-41-115-38-37-113-34-33-111-30-29-109-26-25-107-22-21-105-18-17-103-6/h7,9,11-12,63,66-67,71,76-80,95-97,129H,8,10,13-62,64-65H2,1-6H3,(H,86,99)(H,87,98)(H,88,91)(H,100,101)/t67-,71-,76-,77-,78+,79-,80-/m0/s1. The number of aliphatic carboxylic acids is 1. The molecule has 2 heterocycles. The molecule has 0 bridgehead atoms. The van der Waals surface area contributed by atoms with Crippen molar-refractivity contribution in [3.8, 4) is 0 Å². The maximum Gasteiger partial charge on any atom is 0.335 e. The number of aryl methyl sites for hydroxylation is 1. The highest BCUT2D eigenvalue weighted by molar-refractivity contribution is 7.82. The Morgan fingerprint density at radius 1 is 0.442 bits per heavy atom. The van der Waals surface area contributed by atoms with Crippen molar-refractivity contribution in [1.29, 1.82) is 0 Å². The van der Waals surface area contributed by atoms with Crippen molar-refractivity contribution in [3.05, 3.63) is 41.5 Å². The van der Waals surface area contributed by atoms with Gasteiger partial charge in [0.1, 0.15) is 48.3 Å². The third kappa shape index (κ3) is 60.9. The highest BCUT2D eigenvalue weighted by atomic mass is 32.1. The summed E-state index contributed by atoms with van der Waals surface area (Å²) in [5.74, 6) is -6.67. The van der Waals surface area contributed by atoms with Gasteiger partial charge in [-0.3, -0.25) is 38.5 Å². The number of esters is 1. The normalized spacial score (nSPS) is 16.3. The number of thiol groups is 1. The summed E-state index contributed by atoms with van der Waals surface area (Å²) in [5, 5.41) is 48.8. The first kappa shape index (κ1) is 117. The SMILES string of the molecule is COCCOCCOCCOCCOCCOCCOCCOCCOCCOCCOCCOCCOCCOCCOCCOCCOCCOCCOCCOCCOCCOCCOCCOCCN(CCC(=O)N[C@H](C(=O)N[C@@H](C)C(=O)Nc1ccc(COC(=O)C(C)(C)S)c(CC[C@@H]2O[C@H](C(=O)O)[C@@H](O)[C@H](O)[C@H]2O)c1)C(C)C)C(=O)CN1C(=O)C=CC1=O. The number of methoxy groups -OCH3 is 1. The van der Waals surface area contributed by atoms with Crippen LogP contribution >= 0.6 is 12.6 Å². The van der Waals surface area contributed by atoms with Gasteiger partial charge in [-0.05, 0) is 62.8 Å². The van der Waals surface area contributed by atoms with Crippen LogP contribution in [0.25, 0.3) is 0 Å². The van der Waals surface area contributed by atoms with Crippen molar-refractivity contribution < 1.29 is 182 Å². The minimum absolute atomic E-state index is 0.000441. The average molecular weight is 1880 g/mol. The molecular formula is C85H147N5O38S. The lowest BCUT2D eigenvalue weighted by molar-refractivity contribution is -0.228. The molecule has 3 rings (SSSR count). The topological polar surface area (TPSA) is 500 Å². The van der Waals surface area contributed by atoms with Crippen LogP contribution in [0.2, 0.25) is 0 Å². The molecule has 2 aliphatic heterocycles. The van der Waals surface area contributed by atoms with Gasteiger partial charge in [-0.15, -0.1) is 0 Å². The first-order valence-corrected chi connectivity index (χ1v) is 44.4. The number of aliphatic hydroxyl groups is 3. The maximum absolute atomic E-state index is 13.7. The maximum atomic E-state index is 13.7. The number of carboxylic acids is 1. The average Bonchev–Trinajstić information content (AvgIpc) is 1.28. The first-order chi connectivity index (χ1) is 62.5. The summed E-state index contributed by atoms with van der Waals surface area (Å²) < 4.78 is 142. The van der Waals surface area contributed by atoms with Crippen molar-refractivity contribution in [1.82, 2.24) is 20.4 Å². The van der Waals surface area contributed by atoms with E-state index < -0.39 is 107 Å². The number of amides is 6. The first-order valence-electron chi connectivity index (χ1n) is 44.0. The lowest BCUT2D eigenvalue weighted by Gasteiger charge is -2.39. The summed E-state index contributed by atoms with van der Waals surface area (Å²) in [5.41, 5.74) is 1.16. The van der Waals surface area contributed by atoms with Crippen molar-refractivity contribution in [2.45, 2.75) is 108 Å². The van der Waals surface area contributed by atoms with E-state index in [1.165, 1.54) is 17.9 Å². The number of rotatable bonds is 90. The Hall–Kier alpha value is -5.85. The number of nitrogens with zero attached hydrogens (tertiary/aromatic N) is 2. The molecule has 43 nitrogen and oxygen atoms in total. The number of imide groups is 1. The third-order valence-corrected chi connectivity index (χ3v) is 18.5. The molecule has 44 heteroatoms. The number of aliphatic hydroxyl groups excluding tert-OH is 3. The predicted molar refractivity (Wildman–Crippen MR) is 463 cm³/mol. The van der Waals surface area contributed by atoms with E-state index in [0.717, 1.165) is 17.1 Å². The van der Waals surface area contributed by atoms with Gasteiger partial charge in [0.25, 0.3) is 11.8 Å². The number of carboxylic acid groups (broad SMARTS) is 1. The Balaban J connectivity index is 1.06. The smallest absolute Gasteiger partial charge is 0.335 e. The fraction of sp³-hybridized carbons (Fsp3) is 0.812. The second kappa shape index (κ2) is 78.5. The number of hydrogen-bond acceptors (Lipinski definition) is 38. The summed E-state index contributed by atoms with van der Waals surface area (Å²) in [6, 6.07) is 2.29. The molecule has 0 saturated carbocycles. The summed E-state index contributed by atoms with van der Waals surface area (Å²) >= 11 is 4.26. The lowest BCUT2D eigenvalue weighted by atomic mass is 9.91. The molecule has 6 amide bonds. The minimum Gasteiger partial charge on any atom is -0.479 e. The molecule has 0 radical (unpaired) electrons. The number of hydrogen-bond donors (Lipinski definition) is 8. The van der Waals surface area contributed by atoms with E-state index in [2.05, 4.69) is 28.6 Å². The van der Waals surface area contributed by atoms with Crippen LogP contribution in [0.4, 0.5) is 5.69 Å². The van der Waals surface area contributed by atoms with Gasteiger partial charge in [0.15, 0.2) is 6.10 Å². The summed E-state index contributed by atoms with van der Waals surface area (Å²) in [6.07, 6.45) is -6.69. The minimum atomic E-state index is -1.89. The zero-order chi connectivity index (χ0) is 93.8. The Labute approximate surface area is 762 Å². The monoisotopic (exact) mass is 1880 g/mol. The number of nitrogens with one attached hydrogen (secondary N) is 3. The van der Waals surface area contributed by atoms with Gasteiger partial charge in [-0.2, -0.15) is 12.6 Å². The number of anilines is 1. The van der Waals surface area contributed by atoms with E-state index in [1.807, 2.05) is 0 Å². The Morgan fingerprint density at radius 2 is 0.767 bits per heavy atom. The van der Waals surface area contributed by atoms with E-state index in [0.29, 0.717) is 295 Å². The van der Waals surface area contributed by atoms with E-state index in [4.69, 9.17) is 123 Å². The van der Waals surface area contributed by atoms with Crippen LogP contribution in [0.15, 0.2) is 30.4 Å². The molecule has 2 aliphatic rings. The molecular weight excluding hydrogens is 1730 g/mol. The Kier molecular flexibility index (Phi) is 71.4. The number of carbonyl (C=O) groups excluding carboxylic acids is 7. The van der Waals surface area contributed by atoms with E-state index in [9.17, 15) is 58.8 Å². The molecule has 0 aromatic heterocycles. The van der Waals surface area contributed by atoms with E-state index in [-0.39, 0.29) is 71.1 Å². The Morgan fingerprint density at radius 3 is 1.08 bits per heavy atom. The Bertz CT molecular complexity index is 3060. The van der Waals surface area contributed by atoms with Crippen molar-refractivity contribution in [2.24, 2.45) is 5.92 Å². The van der Waals surface area contributed by atoms with Gasteiger partial charge in [0, 0.05) is 44.5 Å². The van der Waals surface area contributed by atoms with Crippen LogP contribution in [0.1, 0.15) is 58.6 Å². The second-order valence-corrected chi connectivity index (χ2v) is 30.5. The largest absolute Gasteiger partial charge is 0.479 e. The molecule has 1 aromatic rings. The van der Waals surface area contributed by atoms with Crippen molar-refractivity contribution >= 4 is 65.7 Å². The van der Waals surface area contributed by atoms with Gasteiger partial charge in [-0.1, -0.05) is 19.9 Å². The van der Waals surface area contributed by atoms with Gasteiger partial charge >= 0.3 is 11.9 Å². The molecule has 0 unspecified atom stereocenters. The third-order valence-electron chi connectivity index (χ3n) is 18.3. The number of ether oxygens (including phenoxy) is 26. The van der Waals surface area contributed by atoms with Crippen LogP contribution in [0, 0.1) is 5.92 Å². The summed E-state index contributed by atoms with van der Waals surface area (Å²) in [6.45, 7) is 26.9. The highest BCUT2D eigenvalue weighted by Crippen LogP contribution is 2.28. The van der Waals surface area contributed by atoms with Gasteiger partial charge in [0.2, 0.25) is 23.6 Å². The molecule has 129 heavy (non-hydrogen) atoms. The fourth-order valence-corrected chi connectivity index (χ4v) is 11.2. The zero-order valence-corrected chi connectivity index (χ0v) is 77.1. The summed E-state index contributed by atoms with van der Waals surface area (Å²) in [7, 11) is 1.64. The van der Waals surface area contributed by atoms with Crippen LogP contribution in [0.3, 0.4) is 0 Å². The van der Waals surface area contributed by atoms with Gasteiger partial charge < -0.3 is 164 Å². The van der Waals surface area contributed by atoms with Crippen LogP contribution in [-0.4, -0.2) is 462 Å². The molecule has 1 aromatic carbocycles. The lowest BCUT2D eigenvalue weighted by Crippen LogP contribution is -2.59. The molecule has 746 valence electrons. The molecule has 1 saturated heterocycles. The van der Waals surface area contributed by atoms with Crippen LogP contribution in [0.5, 0.6) is 0 Å². The fourth-order valence-electron chi connectivity index (χ4n) is 11.2. The molecule has 0 spiro atoms. The van der Waals surface area contributed by atoms with Crippen molar-refractivity contribution in [3.63, 3.8) is 0 Å². The number of carbonyl (C=O) groups is 8. The zero-order valence-electron chi connectivity index (χ0n) is 76.2. The van der Waals surface area contributed by atoms with Crippen LogP contribution in [-0.2, 0) is 175 Å². The highest BCUT2D eigenvalue weighted by Gasteiger charge is 2.47. The second-order valence-electron chi connectivity index (χ2n) is 29.4. The molecule has 1 fully saturated rings. The van der Waals surface area contributed by atoms with Crippen molar-refractivity contribution in [2.75, 3.05) is 343 Å². The molecule has 7 atom stereocenters. The van der Waals surface area contributed by atoms with Gasteiger partial charge in [-0.25, -0.2) is 4.79 Å².